The summed E-state index contributed by atoms with van der Waals surface area (Å²) in [6.07, 6.45) is 6.38. The molecule has 1 N–H and O–H groups in total. The van der Waals surface area contributed by atoms with Gasteiger partial charge in [0.2, 0.25) is 0 Å². The van der Waals surface area contributed by atoms with Gasteiger partial charge in [0, 0.05) is 19.1 Å². The molecule has 2 fully saturated rings. The first kappa shape index (κ1) is 14.8. The number of nitrogens with zero attached hydrogens (tertiary/aromatic N) is 2. The van der Waals surface area contributed by atoms with E-state index in [1.54, 1.807) is 0 Å². The Bertz CT molecular complexity index is 329. The maximum atomic E-state index is 9.75. The monoisotopic (exact) mass is 263 g/mol. The fraction of sp³-hybridized carbons (Fsp3) is 0.938. The van der Waals surface area contributed by atoms with Gasteiger partial charge in [0.15, 0.2) is 0 Å². The Kier molecular flexibility index (Phi) is 4.86. The van der Waals surface area contributed by atoms with E-state index in [-0.39, 0.29) is 5.54 Å². The minimum atomic E-state index is -0.302. The van der Waals surface area contributed by atoms with E-state index in [0.29, 0.717) is 12.0 Å². The number of rotatable bonds is 6. The number of nitrogens with one attached hydrogen (secondary N) is 1. The van der Waals surface area contributed by atoms with Crippen molar-refractivity contribution >= 4 is 0 Å². The molecule has 2 aliphatic rings. The van der Waals surface area contributed by atoms with Gasteiger partial charge in [-0.05, 0) is 57.9 Å². The van der Waals surface area contributed by atoms with Crippen LogP contribution in [0.1, 0.15) is 52.9 Å². The Labute approximate surface area is 118 Å². The Morgan fingerprint density at radius 1 is 1.37 bits per heavy atom. The zero-order valence-corrected chi connectivity index (χ0v) is 12.8. The van der Waals surface area contributed by atoms with Crippen molar-refractivity contribution in [1.29, 1.82) is 5.26 Å². The maximum Gasteiger partial charge on any atom is 0.122 e. The molecule has 2 rings (SSSR count). The predicted molar refractivity (Wildman–Crippen MR) is 78.8 cm³/mol. The van der Waals surface area contributed by atoms with E-state index in [1.807, 2.05) is 0 Å². The van der Waals surface area contributed by atoms with E-state index in [1.165, 1.54) is 45.2 Å². The molecule has 2 unspecified atom stereocenters. The van der Waals surface area contributed by atoms with Gasteiger partial charge in [-0.15, -0.1) is 0 Å². The summed E-state index contributed by atoms with van der Waals surface area (Å²) < 4.78 is 0. The van der Waals surface area contributed by atoms with Gasteiger partial charge in [-0.2, -0.15) is 5.26 Å². The molecular weight excluding hydrogens is 234 g/mol. The minimum Gasteiger partial charge on any atom is -0.300 e. The van der Waals surface area contributed by atoms with E-state index in [9.17, 15) is 5.26 Å². The zero-order chi connectivity index (χ0) is 13.9. The molecule has 0 aromatic heterocycles. The number of piperidine rings is 1. The summed E-state index contributed by atoms with van der Waals surface area (Å²) in [6.45, 7) is 9.87. The van der Waals surface area contributed by atoms with Gasteiger partial charge in [0.25, 0.3) is 0 Å². The SMILES string of the molecule is CCC1CCCN(CC(C#N)(NC(C)C)C2CC2)C1. The molecule has 1 heterocycles. The van der Waals surface area contributed by atoms with Crippen molar-refractivity contribution < 1.29 is 0 Å². The lowest BCUT2D eigenvalue weighted by molar-refractivity contribution is 0.128. The van der Waals surface area contributed by atoms with Crippen molar-refractivity contribution in [2.24, 2.45) is 11.8 Å². The summed E-state index contributed by atoms with van der Waals surface area (Å²) in [6, 6.07) is 3.02. The van der Waals surface area contributed by atoms with Gasteiger partial charge in [-0.25, -0.2) is 0 Å². The Morgan fingerprint density at radius 3 is 2.63 bits per heavy atom. The molecule has 0 aromatic carbocycles. The van der Waals surface area contributed by atoms with Crippen LogP contribution in [-0.2, 0) is 0 Å². The first-order chi connectivity index (χ1) is 9.09. The second-order valence-electron chi connectivity index (χ2n) is 6.81. The molecule has 0 bridgehead atoms. The van der Waals surface area contributed by atoms with Crippen LogP contribution in [0, 0.1) is 23.2 Å². The molecule has 108 valence electrons. The Hall–Kier alpha value is -0.590. The van der Waals surface area contributed by atoms with Crippen LogP contribution in [0.5, 0.6) is 0 Å². The Balaban J connectivity index is 2.01. The largest absolute Gasteiger partial charge is 0.300 e. The quantitative estimate of drug-likeness (QED) is 0.801. The molecule has 2 atom stereocenters. The standard InChI is InChI=1S/C16H29N3/c1-4-14-6-5-9-19(10-14)12-16(11-17,15-7-8-15)18-13(2)3/h13-15,18H,4-10,12H2,1-3H3. The highest BCUT2D eigenvalue weighted by molar-refractivity contribution is 5.17. The minimum absolute atomic E-state index is 0.302. The summed E-state index contributed by atoms with van der Waals surface area (Å²) in [7, 11) is 0. The predicted octanol–water partition coefficient (Wildman–Crippen LogP) is 2.78. The molecule has 1 aliphatic heterocycles. The molecule has 0 amide bonds. The lowest BCUT2D eigenvalue weighted by Gasteiger charge is -2.39. The second kappa shape index (κ2) is 6.24. The second-order valence-corrected chi connectivity index (χ2v) is 6.81. The molecule has 0 radical (unpaired) electrons. The van der Waals surface area contributed by atoms with Gasteiger partial charge in [-0.3, -0.25) is 5.32 Å². The molecule has 1 saturated heterocycles. The lowest BCUT2D eigenvalue weighted by Crippen LogP contribution is -2.57. The van der Waals surface area contributed by atoms with Crippen LogP contribution in [0.4, 0.5) is 0 Å². The van der Waals surface area contributed by atoms with Gasteiger partial charge in [0.1, 0.15) is 5.54 Å². The van der Waals surface area contributed by atoms with Crippen LogP contribution in [0.3, 0.4) is 0 Å². The van der Waals surface area contributed by atoms with Gasteiger partial charge < -0.3 is 4.90 Å². The van der Waals surface area contributed by atoms with Crippen molar-refractivity contribution in [3.63, 3.8) is 0 Å². The van der Waals surface area contributed by atoms with E-state index in [2.05, 4.69) is 37.1 Å². The highest BCUT2D eigenvalue weighted by atomic mass is 15.2. The molecule has 1 aliphatic carbocycles. The molecule has 0 aromatic rings. The maximum absolute atomic E-state index is 9.75. The molecule has 1 saturated carbocycles. The summed E-state index contributed by atoms with van der Waals surface area (Å²) in [5.41, 5.74) is -0.302. The summed E-state index contributed by atoms with van der Waals surface area (Å²) in [5, 5.41) is 13.3. The van der Waals surface area contributed by atoms with Crippen molar-refractivity contribution in [3.05, 3.63) is 0 Å². The van der Waals surface area contributed by atoms with Crippen molar-refractivity contribution in [2.75, 3.05) is 19.6 Å². The van der Waals surface area contributed by atoms with Crippen LogP contribution in [-0.4, -0.2) is 36.1 Å². The van der Waals surface area contributed by atoms with E-state index in [4.69, 9.17) is 0 Å². The van der Waals surface area contributed by atoms with Gasteiger partial charge in [0.05, 0.1) is 6.07 Å². The normalized spacial score (nSPS) is 28.1. The van der Waals surface area contributed by atoms with Crippen molar-refractivity contribution in [2.45, 2.75) is 64.5 Å². The molecular formula is C16H29N3. The third-order valence-electron chi connectivity index (χ3n) is 4.67. The Morgan fingerprint density at radius 2 is 2.11 bits per heavy atom. The summed E-state index contributed by atoms with van der Waals surface area (Å²) in [5.74, 6) is 1.41. The molecule has 19 heavy (non-hydrogen) atoms. The lowest BCUT2D eigenvalue weighted by atomic mass is 9.90. The van der Waals surface area contributed by atoms with Crippen molar-refractivity contribution in [3.8, 4) is 6.07 Å². The first-order valence-corrected chi connectivity index (χ1v) is 8.01. The fourth-order valence-electron chi connectivity index (χ4n) is 3.52. The zero-order valence-electron chi connectivity index (χ0n) is 12.8. The average Bonchev–Trinajstić information content (AvgIpc) is 3.22. The smallest absolute Gasteiger partial charge is 0.122 e. The molecule has 3 heteroatoms. The van der Waals surface area contributed by atoms with E-state index in [0.717, 1.165) is 12.5 Å². The molecule has 3 nitrogen and oxygen atoms in total. The van der Waals surface area contributed by atoms with Crippen molar-refractivity contribution in [1.82, 2.24) is 10.2 Å². The van der Waals surface area contributed by atoms with E-state index >= 15 is 0 Å². The number of nitriles is 1. The van der Waals surface area contributed by atoms with Crippen LogP contribution in [0.15, 0.2) is 0 Å². The van der Waals surface area contributed by atoms with Crippen LogP contribution >= 0.6 is 0 Å². The number of likely N-dealkylation sites (tertiary alicyclic amines) is 1. The van der Waals surface area contributed by atoms with Crippen LogP contribution in [0.25, 0.3) is 0 Å². The van der Waals surface area contributed by atoms with Crippen LogP contribution < -0.4 is 5.32 Å². The highest BCUT2D eigenvalue weighted by Gasteiger charge is 2.47. The average molecular weight is 263 g/mol. The molecule has 0 spiro atoms. The van der Waals surface area contributed by atoms with Crippen LogP contribution in [0.2, 0.25) is 0 Å². The van der Waals surface area contributed by atoms with E-state index < -0.39 is 0 Å². The third kappa shape index (κ3) is 3.70. The summed E-state index contributed by atoms with van der Waals surface area (Å²) in [4.78, 5) is 2.54. The highest BCUT2D eigenvalue weighted by Crippen LogP contribution is 2.40. The van der Waals surface area contributed by atoms with Gasteiger partial charge in [-0.1, -0.05) is 13.3 Å². The third-order valence-corrected chi connectivity index (χ3v) is 4.67. The number of hydrogen-bond acceptors (Lipinski definition) is 3. The topological polar surface area (TPSA) is 39.1 Å². The van der Waals surface area contributed by atoms with Gasteiger partial charge >= 0.3 is 0 Å². The number of hydrogen-bond donors (Lipinski definition) is 1. The first-order valence-electron chi connectivity index (χ1n) is 8.01. The summed E-state index contributed by atoms with van der Waals surface area (Å²) >= 11 is 0. The fourth-order valence-corrected chi connectivity index (χ4v) is 3.52.